The van der Waals surface area contributed by atoms with Gasteiger partial charge in [0.1, 0.15) is 0 Å². The topological polar surface area (TPSA) is 101 Å². The van der Waals surface area contributed by atoms with Gasteiger partial charge in [0, 0.05) is 11.7 Å². The third-order valence-corrected chi connectivity index (χ3v) is 4.52. The van der Waals surface area contributed by atoms with Crippen LogP contribution in [0.3, 0.4) is 0 Å². The molecule has 0 heterocycles. The smallest absolute Gasteiger partial charge is 0.241 e. The van der Waals surface area contributed by atoms with Crippen LogP contribution in [-0.2, 0) is 14.8 Å². The Morgan fingerprint density at radius 1 is 1.09 bits per heavy atom. The van der Waals surface area contributed by atoms with Crippen LogP contribution >= 0.6 is 12.4 Å². The zero-order valence-electron chi connectivity index (χ0n) is 13.2. The van der Waals surface area contributed by atoms with E-state index >= 15 is 0 Å². The molecule has 8 heteroatoms. The first kappa shape index (κ1) is 20.9. The van der Waals surface area contributed by atoms with E-state index in [0.717, 1.165) is 0 Å². The Bertz CT molecular complexity index is 586. The van der Waals surface area contributed by atoms with Gasteiger partial charge in [0.25, 0.3) is 0 Å². The number of carbonyl (C=O) groups is 1. The zero-order chi connectivity index (χ0) is 16.2. The number of benzene rings is 1. The Balaban J connectivity index is 0.00000441. The highest BCUT2D eigenvalue weighted by atomic mass is 35.5. The van der Waals surface area contributed by atoms with Gasteiger partial charge in [-0.25, -0.2) is 13.1 Å². The molecule has 1 amide bonds. The van der Waals surface area contributed by atoms with Crippen molar-refractivity contribution >= 4 is 34.0 Å². The molecule has 0 fully saturated rings. The van der Waals surface area contributed by atoms with Crippen molar-refractivity contribution in [2.45, 2.75) is 44.7 Å². The Kier molecular flexibility index (Phi) is 8.03. The van der Waals surface area contributed by atoms with Crippen LogP contribution in [0.15, 0.2) is 29.2 Å². The largest absolute Gasteiger partial charge is 0.325 e. The molecule has 0 aliphatic carbocycles. The van der Waals surface area contributed by atoms with Gasteiger partial charge in [0.2, 0.25) is 15.9 Å². The van der Waals surface area contributed by atoms with Crippen LogP contribution in [0.4, 0.5) is 5.69 Å². The van der Waals surface area contributed by atoms with Gasteiger partial charge in [-0.2, -0.15) is 0 Å². The number of halogens is 1. The number of nitrogens with two attached hydrogens (primary N) is 1. The van der Waals surface area contributed by atoms with Gasteiger partial charge < -0.3 is 11.1 Å². The molecule has 4 N–H and O–H groups in total. The van der Waals surface area contributed by atoms with Crippen molar-refractivity contribution in [2.24, 2.45) is 11.7 Å². The lowest BCUT2D eigenvalue weighted by Crippen LogP contribution is -2.39. The molecular formula is C14H24ClN3O3S. The molecule has 0 aliphatic heterocycles. The number of anilines is 1. The lowest BCUT2D eigenvalue weighted by atomic mass is 10.1. The van der Waals surface area contributed by atoms with Crippen molar-refractivity contribution < 1.29 is 13.2 Å². The lowest BCUT2D eigenvalue weighted by molar-refractivity contribution is -0.118. The van der Waals surface area contributed by atoms with E-state index in [1.54, 1.807) is 26.0 Å². The first-order valence-electron chi connectivity index (χ1n) is 6.82. The van der Waals surface area contributed by atoms with E-state index in [2.05, 4.69) is 10.0 Å². The summed E-state index contributed by atoms with van der Waals surface area (Å²) in [5, 5.41) is 2.66. The Morgan fingerprint density at radius 2 is 1.59 bits per heavy atom. The summed E-state index contributed by atoms with van der Waals surface area (Å²) in [7, 11) is -3.52. The molecule has 126 valence electrons. The van der Waals surface area contributed by atoms with Crippen LogP contribution in [0, 0.1) is 5.92 Å². The molecule has 6 nitrogen and oxygen atoms in total. The summed E-state index contributed by atoms with van der Waals surface area (Å²) in [6.45, 7) is 7.22. The molecule has 0 bridgehead atoms. The monoisotopic (exact) mass is 349 g/mol. The summed E-state index contributed by atoms with van der Waals surface area (Å²) in [5.41, 5.74) is 6.26. The first-order chi connectivity index (χ1) is 9.63. The lowest BCUT2D eigenvalue weighted by Gasteiger charge is -2.15. The second-order valence-corrected chi connectivity index (χ2v) is 7.27. The van der Waals surface area contributed by atoms with Gasteiger partial charge in [-0.3, -0.25) is 4.79 Å². The molecular weight excluding hydrogens is 326 g/mol. The summed E-state index contributed by atoms with van der Waals surface area (Å²) in [6, 6.07) is 5.19. The molecule has 1 unspecified atom stereocenters. The fourth-order valence-corrected chi connectivity index (χ4v) is 2.88. The predicted molar refractivity (Wildman–Crippen MR) is 90.6 cm³/mol. The number of hydrogen-bond donors (Lipinski definition) is 3. The standard InChI is InChI=1S/C14H23N3O3S.ClH/c1-9(2)13(15)14(18)16-11-5-7-12(8-6-11)21(19,20)17-10(3)4;/h5-10,13,17H,15H2,1-4H3,(H,16,18);1H. The van der Waals surface area contributed by atoms with Crippen molar-refractivity contribution in [1.29, 1.82) is 0 Å². The molecule has 0 spiro atoms. The second-order valence-electron chi connectivity index (χ2n) is 5.56. The van der Waals surface area contributed by atoms with Gasteiger partial charge >= 0.3 is 0 Å². The maximum Gasteiger partial charge on any atom is 0.241 e. The van der Waals surface area contributed by atoms with Crippen LogP contribution in [0.2, 0.25) is 0 Å². The molecule has 1 aromatic carbocycles. The molecule has 0 saturated carbocycles. The molecule has 1 atom stereocenters. The van der Waals surface area contributed by atoms with E-state index in [0.29, 0.717) is 5.69 Å². The molecule has 0 aromatic heterocycles. The van der Waals surface area contributed by atoms with Crippen molar-refractivity contribution in [1.82, 2.24) is 4.72 Å². The fraction of sp³-hybridized carbons (Fsp3) is 0.500. The molecule has 0 radical (unpaired) electrons. The van der Waals surface area contributed by atoms with E-state index in [9.17, 15) is 13.2 Å². The van der Waals surface area contributed by atoms with Gasteiger partial charge in [-0.05, 0) is 44.0 Å². The van der Waals surface area contributed by atoms with E-state index < -0.39 is 16.1 Å². The van der Waals surface area contributed by atoms with Crippen molar-refractivity contribution in [3.63, 3.8) is 0 Å². The summed E-state index contributed by atoms with van der Waals surface area (Å²) >= 11 is 0. The average molecular weight is 350 g/mol. The third-order valence-electron chi connectivity index (χ3n) is 2.84. The minimum Gasteiger partial charge on any atom is -0.325 e. The van der Waals surface area contributed by atoms with Crippen molar-refractivity contribution in [3.8, 4) is 0 Å². The quantitative estimate of drug-likeness (QED) is 0.727. The van der Waals surface area contributed by atoms with E-state index in [1.807, 2.05) is 13.8 Å². The number of hydrogen-bond acceptors (Lipinski definition) is 4. The second kappa shape index (κ2) is 8.47. The highest BCUT2D eigenvalue weighted by Crippen LogP contribution is 2.15. The summed E-state index contributed by atoms with van der Waals surface area (Å²) in [4.78, 5) is 12.0. The molecule has 1 rings (SSSR count). The maximum absolute atomic E-state index is 12.0. The van der Waals surface area contributed by atoms with Crippen LogP contribution < -0.4 is 15.8 Å². The van der Waals surface area contributed by atoms with Crippen LogP contribution in [0.1, 0.15) is 27.7 Å². The summed E-state index contributed by atoms with van der Waals surface area (Å²) in [5.74, 6) is -0.263. The third kappa shape index (κ3) is 5.92. The van der Waals surface area contributed by atoms with Gasteiger partial charge in [0.15, 0.2) is 0 Å². The van der Waals surface area contributed by atoms with Crippen LogP contribution in [0.25, 0.3) is 0 Å². The minimum atomic E-state index is -3.52. The number of nitrogens with one attached hydrogen (secondary N) is 2. The van der Waals surface area contributed by atoms with E-state index in [4.69, 9.17) is 5.73 Å². The number of sulfonamides is 1. The van der Waals surface area contributed by atoms with Gasteiger partial charge in [-0.15, -0.1) is 12.4 Å². The SMILES string of the molecule is CC(C)NS(=O)(=O)c1ccc(NC(=O)C(N)C(C)C)cc1.Cl. The van der Waals surface area contributed by atoms with Gasteiger partial charge in [-0.1, -0.05) is 13.8 Å². The maximum atomic E-state index is 12.0. The molecule has 0 aliphatic rings. The Hall–Kier alpha value is -1.15. The van der Waals surface area contributed by atoms with Gasteiger partial charge in [0.05, 0.1) is 10.9 Å². The van der Waals surface area contributed by atoms with E-state index in [-0.39, 0.29) is 35.2 Å². The summed E-state index contributed by atoms with van der Waals surface area (Å²) in [6.07, 6.45) is 0. The number of carbonyl (C=O) groups excluding carboxylic acids is 1. The van der Waals surface area contributed by atoms with Crippen LogP contribution in [-0.4, -0.2) is 26.4 Å². The first-order valence-corrected chi connectivity index (χ1v) is 8.30. The Labute approximate surface area is 138 Å². The Morgan fingerprint density at radius 3 is 2.00 bits per heavy atom. The molecule has 22 heavy (non-hydrogen) atoms. The zero-order valence-corrected chi connectivity index (χ0v) is 14.8. The fourth-order valence-electron chi connectivity index (χ4n) is 1.62. The highest BCUT2D eigenvalue weighted by molar-refractivity contribution is 7.89. The minimum absolute atomic E-state index is 0. The average Bonchev–Trinajstić information content (AvgIpc) is 2.36. The highest BCUT2D eigenvalue weighted by Gasteiger charge is 2.18. The van der Waals surface area contributed by atoms with E-state index in [1.165, 1.54) is 12.1 Å². The van der Waals surface area contributed by atoms with Crippen LogP contribution in [0.5, 0.6) is 0 Å². The van der Waals surface area contributed by atoms with Crippen molar-refractivity contribution in [3.05, 3.63) is 24.3 Å². The molecule has 1 aromatic rings. The predicted octanol–water partition coefficient (Wildman–Crippen LogP) is 1.72. The number of amides is 1. The number of rotatable bonds is 6. The normalized spacial score (nSPS) is 12.9. The summed E-state index contributed by atoms with van der Waals surface area (Å²) < 4.78 is 26.4. The molecule has 0 saturated heterocycles. The van der Waals surface area contributed by atoms with Crippen molar-refractivity contribution in [2.75, 3.05) is 5.32 Å².